The molecule has 0 atom stereocenters. The average Bonchev–Trinajstić information content (AvgIpc) is 2.14. The van der Waals surface area contributed by atoms with Gasteiger partial charge in [0.1, 0.15) is 5.70 Å². The predicted octanol–water partition coefficient (Wildman–Crippen LogP) is 3.01. The van der Waals surface area contributed by atoms with Crippen LogP contribution in [0.1, 0.15) is 6.92 Å². The molecule has 1 N–H and O–H groups in total. The number of carbonyl (C=O) groups excluding carboxylic acids is 2. The molecule has 0 unspecified atom stereocenters. The molecule has 1 aromatic rings. The first kappa shape index (κ1) is 13.5. The molecule has 0 aliphatic carbocycles. The van der Waals surface area contributed by atoms with Gasteiger partial charge in [0.15, 0.2) is 0 Å². The van der Waals surface area contributed by atoms with Gasteiger partial charge in [0.2, 0.25) is 0 Å². The first-order valence-corrected chi connectivity index (χ1v) is 5.29. The summed E-state index contributed by atoms with van der Waals surface area (Å²) in [5.41, 5.74) is 0.395. The van der Waals surface area contributed by atoms with E-state index in [0.717, 1.165) is 6.92 Å². The van der Waals surface area contributed by atoms with Gasteiger partial charge in [0.25, 0.3) is 0 Å². The Labute approximate surface area is 108 Å². The molecule has 90 valence electrons. The molecule has 4 nitrogen and oxygen atoms in total. The Hall–Kier alpha value is -1.52. The highest BCUT2D eigenvalue weighted by Crippen LogP contribution is 2.23. The third-order valence-electron chi connectivity index (χ3n) is 1.64. The quantitative estimate of drug-likeness (QED) is 0.523. The summed E-state index contributed by atoms with van der Waals surface area (Å²) < 4.78 is 4.34. The third-order valence-corrected chi connectivity index (χ3v) is 2.08. The van der Waals surface area contributed by atoms with Gasteiger partial charge < -0.3 is 10.1 Å². The zero-order valence-electron chi connectivity index (χ0n) is 8.92. The van der Waals surface area contributed by atoms with Crippen LogP contribution < -0.4 is 5.32 Å². The number of hydrogen-bond acceptors (Lipinski definition) is 4. The second-order valence-corrected chi connectivity index (χ2v) is 4.02. The zero-order chi connectivity index (χ0) is 13.0. The first-order chi connectivity index (χ1) is 7.88. The smallest absolute Gasteiger partial charge is 0.361 e. The van der Waals surface area contributed by atoms with Crippen molar-refractivity contribution in [3.63, 3.8) is 0 Å². The highest BCUT2D eigenvalue weighted by molar-refractivity contribution is 6.35. The molecule has 17 heavy (non-hydrogen) atoms. The fourth-order valence-electron chi connectivity index (χ4n) is 1.04. The van der Waals surface area contributed by atoms with Gasteiger partial charge in [-0.15, -0.1) is 0 Å². The van der Waals surface area contributed by atoms with E-state index >= 15 is 0 Å². The van der Waals surface area contributed by atoms with Crippen molar-refractivity contribution in [2.75, 3.05) is 5.32 Å². The van der Waals surface area contributed by atoms with Gasteiger partial charge >= 0.3 is 11.9 Å². The van der Waals surface area contributed by atoms with E-state index in [1.807, 2.05) is 0 Å². The molecule has 0 aromatic heterocycles. The topological polar surface area (TPSA) is 55.4 Å². The molecule has 0 saturated carbocycles. The van der Waals surface area contributed by atoms with Crippen LogP contribution in [0.15, 0.2) is 30.5 Å². The summed E-state index contributed by atoms with van der Waals surface area (Å²) in [5.74, 6) is -1.56. The van der Waals surface area contributed by atoms with Crippen LogP contribution in [-0.2, 0) is 14.3 Å². The fraction of sp³-hybridized carbons (Fsp3) is 0.0909. The minimum Gasteiger partial charge on any atom is -0.389 e. The van der Waals surface area contributed by atoms with Gasteiger partial charge in [-0.05, 0) is 18.2 Å². The van der Waals surface area contributed by atoms with Crippen molar-refractivity contribution >= 4 is 40.8 Å². The lowest BCUT2D eigenvalue weighted by Gasteiger charge is -2.08. The maximum absolute atomic E-state index is 11.3. The summed E-state index contributed by atoms with van der Waals surface area (Å²) >= 11 is 11.5. The largest absolute Gasteiger partial charge is 0.389 e. The summed E-state index contributed by atoms with van der Waals surface area (Å²) in [7, 11) is 0. The van der Waals surface area contributed by atoms with Gasteiger partial charge in [-0.25, -0.2) is 4.79 Å². The Morgan fingerprint density at radius 1 is 1.24 bits per heavy atom. The molecule has 0 saturated heterocycles. The van der Waals surface area contributed by atoms with E-state index in [1.54, 1.807) is 18.2 Å². The molecular weight excluding hydrogens is 265 g/mol. The van der Waals surface area contributed by atoms with Crippen LogP contribution in [0.5, 0.6) is 0 Å². The third kappa shape index (κ3) is 4.46. The summed E-state index contributed by atoms with van der Waals surface area (Å²) in [6, 6.07) is 4.66. The van der Waals surface area contributed by atoms with Crippen LogP contribution in [0.4, 0.5) is 5.69 Å². The van der Waals surface area contributed by atoms with E-state index in [1.165, 1.54) is 0 Å². The van der Waals surface area contributed by atoms with Crippen molar-refractivity contribution in [1.82, 2.24) is 0 Å². The molecule has 0 aliphatic rings. The Morgan fingerprint density at radius 3 is 2.24 bits per heavy atom. The van der Waals surface area contributed by atoms with E-state index < -0.39 is 11.9 Å². The Kier molecular flexibility index (Phi) is 4.54. The van der Waals surface area contributed by atoms with E-state index in [4.69, 9.17) is 23.2 Å². The molecule has 0 spiro atoms. The van der Waals surface area contributed by atoms with E-state index in [-0.39, 0.29) is 5.70 Å². The molecule has 1 aromatic carbocycles. The van der Waals surface area contributed by atoms with Crippen LogP contribution in [-0.4, -0.2) is 11.9 Å². The average molecular weight is 274 g/mol. The van der Waals surface area contributed by atoms with Crippen LogP contribution in [0, 0.1) is 0 Å². The number of anilines is 1. The number of benzene rings is 1. The summed E-state index contributed by atoms with van der Waals surface area (Å²) in [6.45, 7) is 4.56. The van der Waals surface area contributed by atoms with Gasteiger partial charge in [-0.1, -0.05) is 29.8 Å². The van der Waals surface area contributed by atoms with Crippen molar-refractivity contribution in [2.24, 2.45) is 0 Å². The van der Waals surface area contributed by atoms with Gasteiger partial charge in [0.05, 0.1) is 0 Å². The molecule has 0 fully saturated rings. The van der Waals surface area contributed by atoms with Gasteiger partial charge in [-0.3, -0.25) is 4.79 Å². The van der Waals surface area contributed by atoms with Gasteiger partial charge in [0, 0.05) is 22.7 Å². The SMILES string of the molecule is C=C(Nc1cc(Cl)cc(Cl)c1)C(=O)OC(C)=O. The standard InChI is InChI=1S/C11H9Cl2NO3/c1-6(11(16)17-7(2)15)14-10-4-8(12)3-9(13)5-10/h3-5,14H,1H2,2H3. The molecule has 0 radical (unpaired) electrons. The first-order valence-electron chi connectivity index (χ1n) is 4.53. The van der Waals surface area contributed by atoms with Crippen LogP contribution in [0.2, 0.25) is 10.0 Å². The fourth-order valence-corrected chi connectivity index (χ4v) is 1.57. The van der Waals surface area contributed by atoms with Crippen LogP contribution in [0.25, 0.3) is 0 Å². The Balaban J connectivity index is 2.74. The number of hydrogen-bond donors (Lipinski definition) is 1. The van der Waals surface area contributed by atoms with Crippen molar-refractivity contribution in [3.8, 4) is 0 Å². The monoisotopic (exact) mass is 273 g/mol. The summed E-state index contributed by atoms with van der Waals surface area (Å²) in [4.78, 5) is 21.8. The zero-order valence-corrected chi connectivity index (χ0v) is 10.4. The van der Waals surface area contributed by atoms with Crippen molar-refractivity contribution < 1.29 is 14.3 Å². The van der Waals surface area contributed by atoms with Gasteiger partial charge in [-0.2, -0.15) is 0 Å². The van der Waals surface area contributed by atoms with E-state index in [9.17, 15) is 9.59 Å². The Morgan fingerprint density at radius 2 is 1.76 bits per heavy atom. The lowest BCUT2D eigenvalue weighted by atomic mass is 10.3. The molecule has 0 heterocycles. The van der Waals surface area contributed by atoms with Crippen LogP contribution in [0.3, 0.4) is 0 Å². The molecule has 0 aliphatic heterocycles. The second kappa shape index (κ2) is 5.70. The molecule has 0 bridgehead atoms. The number of halogens is 2. The highest BCUT2D eigenvalue weighted by atomic mass is 35.5. The lowest BCUT2D eigenvalue weighted by molar-refractivity contribution is -0.155. The molecule has 1 rings (SSSR count). The number of carbonyl (C=O) groups is 2. The van der Waals surface area contributed by atoms with Crippen molar-refractivity contribution in [1.29, 1.82) is 0 Å². The molecular formula is C11H9Cl2NO3. The maximum atomic E-state index is 11.3. The number of rotatable bonds is 3. The highest BCUT2D eigenvalue weighted by Gasteiger charge is 2.11. The van der Waals surface area contributed by atoms with Crippen molar-refractivity contribution in [2.45, 2.75) is 6.92 Å². The normalized spacial score (nSPS) is 9.59. The Bertz CT molecular complexity index is 465. The maximum Gasteiger partial charge on any atom is 0.361 e. The van der Waals surface area contributed by atoms with Crippen LogP contribution >= 0.6 is 23.2 Å². The summed E-state index contributed by atoms with van der Waals surface area (Å²) in [6.07, 6.45) is 0. The minimum absolute atomic E-state index is 0.0847. The number of esters is 2. The predicted molar refractivity (Wildman–Crippen MR) is 66.0 cm³/mol. The number of ether oxygens (including phenoxy) is 1. The van der Waals surface area contributed by atoms with E-state index in [0.29, 0.717) is 15.7 Å². The van der Waals surface area contributed by atoms with E-state index in [2.05, 4.69) is 16.6 Å². The number of nitrogens with one attached hydrogen (secondary N) is 1. The summed E-state index contributed by atoms with van der Waals surface area (Å²) in [5, 5.41) is 3.46. The minimum atomic E-state index is -0.853. The second-order valence-electron chi connectivity index (χ2n) is 3.14. The molecule has 0 amide bonds. The van der Waals surface area contributed by atoms with Crippen molar-refractivity contribution in [3.05, 3.63) is 40.5 Å². The molecule has 6 heteroatoms. The lowest BCUT2D eigenvalue weighted by Crippen LogP contribution is -2.16.